The molecule has 0 atom stereocenters. The second-order valence-corrected chi connectivity index (χ2v) is 9.48. The number of benzene rings is 3. The van der Waals surface area contributed by atoms with Gasteiger partial charge in [-0.25, -0.2) is 0 Å². The lowest BCUT2D eigenvalue weighted by atomic mass is 9.70. The Hall–Kier alpha value is -3.90. The van der Waals surface area contributed by atoms with Gasteiger partial charge in [-0.05, 0) is 53.1 Å². The van der Waals surface area contributed by atoms with E-state index in [4.69, 9.17) is 4.74 Å². The molecule has 6 heteroatoms. The Kier molecular flexibility index (Phi) is 7.43. The molecule has 1 fully saturated rings. The quantitative estimate of drug-likeness (QED) is 0.278. The van der Waals surface area contributed by atoms with E-state index in [1.807, 2.05) is 36.4 Å². The first-order valence-electron chi connectivity index (χ1n) is 12.5. The van der Waals surface area contributed by atoms with Gasteiger partial charge in [-0.3, -0.25) is 9.89 Å². The maximum absolute atomic E-state index is 12.4. The molecule has 0 spiro atoms. The highest BCUT2D eigenvalue weighted by molar-refractivity contribution is 5.91. The monoisotopic (exact) mass is 480 g/mol. The molecule has 0 aliphatic heterocycles. The summed E-state index contributed by atoms with van der Waals surface area (Å²) in [5, 5.41) is 13.9. The van der Waals surface area contributed by atoms with E-state index in [2.05, 4.69) is 69.4 Å². The number of nitrogens with one attached hydrogen (secondary N) is 3. The van der Waals surface area contributed by atoms with Gasteiger partial charge in [0.2, 0.25) is 5.91 Å². The van der Waals surface area contributed by atoms with Crippen LogP contribution in [-0.4, -0.2) is 23.2 Å². The minimum Gasteiger partial charge on any atom is -0.497 e. The topological polar surface area (TPSA) is 79.0 Å². The van der Waals surface area contributed by atoms with Crippen molar-refractivity contribution >= 4 is 11.7 Å². The zero-order valence-corrected chi connectivity index (χ0v) is 20.5. The van der Waals surface area contributed by atoms with Gasteiger partial charge in [0.25, 0.3) is 0 Å². The van der Waals surface area contributed by atoms with Gasteiger partial charge in [-0.1, -0.05) is 66.7 Å². The summed E-state index contributed by atoms with van der Waals surface area (Å²) >= 11 is 0. The minimum atomic E-state index is -0.0699. The molecule has 3 N–H and O–H groups in total. The molecule has 3 aromatic carbocycles. The molecule has 5 rings (SSSR count). The lowest BCUT2D eigenvalue weighted by molar-refractivity contribution is -0.115. The SMILES string of the molecule is COc1ccc(CC(=O)Nc2cc(C3CC(c4cccc(CNCc5ccccc5)c4)C3)n[nH]2)cc1. The predicted octanol–water partition coefficient (Wildman–Crippen LogP) is 5.55. The number of amides is 1. The first-order chi connectivity index (χ1) is 17.7. The van der Waals surface area contributed by atoms with Crippen LogP contribution in [0.4, 0.5) is 5.82 Å². The fourth-order valence-electron chi connectivity index (χ4n) is 4.77. The van der Waals surface area contributed by atoms with Crippen molar-refractivity contribution in [1.82, 2.24) is 15.5 Å². The van der Waals surface area contributed by atoms with Crippen LogP contribution in [0.2, 0.25) is 0 Å². The maximum Gasteiger partial charge on any atom is 0.229 e. The van der Waals surface area contributed by atoms with Crippen LogP contribution in [0.5, 0.6) is 5.75 Å². The molecule has 1 amide bonds. The summed E-state index contributed by atoms with van der Waals surface area (Å²) in [6, 6.07) is 28.9. The summed E-state index contributed by atoms with van der Waals surface area (Å²) in [4.78, 5) is 12.4. The van der Waals surface area contributed by atoms with Crippen molar-refractivity contribution in [3.8, 4) is 5.75 Å². The molecule has 36 heavy (non-hydrogen) atoms. The summed E-state index contributed by atoms with van der Waals surface area (Å²) < 4.78 is 5.17. The molecule has 0 saturated heterocycles. The van der Waals surface area contributed by atoms with E-state index in [9.17, 15) is 4.79 Å². The molecule has 0 unspecified atom stereocenters. The summed E-state index contributed by atoms with van der Waals surface area (Å²) in [7, 11) is 1.63. The number of carbonyl (C=O) groups excluding carboxylic acids is 1. The van der Waals surface area contributed by atoms with Gasteiger partial charge >= 0.3 is 0 Å². The van der Waals surface area contributed by atoms with Gasteiger partial charge in [0.1, 0.15) is 11.6 Å². The van der Waals surface area contributed by atoms with Crippen LogP contribution in [0.3, 0.4) is 0 Å². The largest absolute Gasteiger partial charge is 0.497 e. The highest BCUT2D eigenvalue weighted by Crippen LogP contribution is 2.47. The summed E-state index contributed by atoms with van der Waals surface area (Å²) in [5.74, 6) is 2.33. The maximum atomic E-state index is 12.4. The molecule has 0 bridgehead atoms. The Morgan fingerprint density at radius 3 is 2.42 bits per heavy atom. The molecule has 0 radical (unpaired) electrons. The van der Waals surface area contributed by atoms with Crippen molar-refractivity contribution in [3.63, 3.8) is 0 Å². The van der Waals surface area contributed by atoms with E-state index < -0.39 is 0 Å². The molecule has 1 aliphatic rings. The number of hydrogen-bond acceptors (Lipinski definition) is 4. The van der Waals surface area contributed by atoms with E-state index in [1.165, 1.54) is 16.7 Å². The van der Waals surface area contributed by atoms with Gasteiger partial charge in [-0.2, -0.15) is 5.10 Å². The first-order valence-corrected chi connectivity index (χ1v) is 12.5. The van der Waals surface area contributed by atoms with Gasteiger partial charge in [0, 0.05) is 25.1 Å². The zero-order chi connectivity index (χ0) is 24.7. The van der Waals surface area contributed by atoms with Crippen molar-refractivity contribution in [1.29, 1.82) is 0 Å². The van der Waals surface area contributed by atoms with Crippen LogP contribution in [0.25, 0.3) is 0 Å². The molecule has 1 heterocycles. The number of aromatic amines is 1. The van der Waals surface area contributed by atoms with Crippen molar-refractivity contribution < 1.29 is 9.53 Å². The minimum absolute atomic E-state index is 0.0699. The predicted molar refractivity (Wildman–Crippen MR) is 142 cm³/mol. The summed E-state index contributed by atoms with van der Waals surface area (Å²) in [6.45, 7) is 1.73. The Balaban J connectivity index is 1.09. The highest BCUT2D eigenvalue weighted by Gasteiger charge is 2.33. The third-order valence-corrected chi connectivity index (χ3v) is 6.88. The third-order valence-electron chi connectivity index (χ3n) is 6.88. The molecule has 4 aromatic rings. The number of ether oxygens (including phenoxy) is 1. The van der Waals surface area contributed by atoms with Gasteiger partial charge in [0.05, 0.1) is 19.2 Å². The molecular formula is C30H32N4O2. The average Bonchev–Trinajstić information content (AvgIpc) is 3.32. The summed E-state index contributed by atoms with van der Waals surface area (Å²) in [5.41, 5.74) is 5.96. The second kappa shape index (κ2) is 11.2. The van der Waals surface area contributed by atoms with Crippen LogP contribution in [0, 0.1) is 0 Å². The average molecular weight is 481 g/mol. The number of methoxy groups -OCH3 is 1. The number of aromatic nitrogens is 2. The molecule has 1 aromatic heterocycles. The fraction of sp³-hybridized carbons (Fsp3) is 0.267. The Morgan fingerprint density at radius 2 is 1.64 bits per heavy atom. The van der Waals surface area contributed by atoms with Crippen LogP contribution in [-0.2, 0) is 24.3 Å². The van der Waals surface area contributed by atoms with Crippen molar-refractivity contribution in [2.24, 2.45) is 0 Å². The van der Waals surface area contributed by atoms with Crippen molar-refractivity contribution in [2.75, 3.05) is 12.4 Å². The number of hydrogen-bond donors (Lipinski definition) is 3. The van der Waals surface area contributed by atoms with E-state index in [0.29, 0.717) is 24.1 Å². The number of carbonyl (C=O) groups is 1. The lowest BCUT2D eigenvalue weighted by Crippen LogP contribution is -2.21. The third kappa shape index (κ3) is 6.01. The van der Waals surface area contributed by atoms with E-state index in [-0.39, 0.29) is 5.91 Å². The Labute approximate surface area is 212 Å². The second-order valence-electron chi connectivity index (χ2n) is 9.48. The van der Waals surface area contributed by atoms with Crippen LogP contribution in [0.1, 0.15) is 52.6 Å². The highest BCUT2D eigenvalue weighted by atomic mass is 16.5. The van der Waals surface area contributed by atoms with E-state index >= 15 is 0 Å². The molecular weight excluding hydrogens is 448 g/mol. The smallest absolute Gasteiger partial charge is 0.229 e. The molecule has 1 aliphatic carbocycles. The zero-order valence-electron chi connectivity index (χ0n) is 20.5. The molecule has 6 nitrogen and oxygen atoms in total. The number of H-pyrrole nitrogens is 1. The molecule has 1 saturated carbocycles. The van der Waals surface area contributed by atoms with Crippen LogP contribution < -0.4 is 15.4 Å². The Morgan fingerprint density at radius 1 is 0.889 bits per heavy atom. The lowest BCUT2D eigenvalue weighted by Gasteiger charge is -2.34. The normalized spacial score (nSPS) is 16.8. The fourth-order valence-corrected chi connectivity index (χ4v) is 4.77. The molecule has 184 valence electrons. The number of nitrogens with zero attached hydrogens (tertiary/aromatic N) is 1. The van der Waals surface area contributed by atoms with Crippen molar-refractivity contribution in [2.45, 2.75) is 44.2 Å². The first kappa shape index (κ1) is 23.8. The summed E-state index contributed by atoms with van der Waals surface area (Å²) in [6.07, 6.45) is 2.45. The van der Waals surface area contributed by atoms with Crippen molar-refractivity contribution in [3.05, 3.63) is 113 Å². The van der Waals surface area contributed by atoms with Crippen LogP contribution >= 0.6 is 0 Å². The number of rotatable bonds is 10. The number of anilines is 1. The van der Waals surface area contributed by atoms with Gasteiger partial charge in [0.15, 0.2) is 0 Å². The van der Waals surface area contributed by atoms with Gasteiger partial charge < -0.3 is 15.4 Å². The standard InChI is InChI=1S/C30H32N4O2/c1-36-27-12-10-21(11-13-27)15-30(35)32-29-18-28(33-34-29)26-16-25(17-26)24-9-5-8-23(14-24)20-31-19-22-6-3-2-4-7-22/h2-14,18,25-26,31H,15-17,19-20H2,1H3,(H2,32,33,34,35). The Bertz CT molecular complexity index is 1280. The van der Waals surface area contributed by atoms with E-state index in [0.717, 1.165) is 42.9 Å². The van der Waals surface area contributed by atoms with E-state index in [1.54, 1.807) is 7.11 Å². The van der Waals surface area contributed by atoms with Gasteiger partial charge in [-0.15, -0.1) is 0 Å². The van der Waals surface area contributed by atoms with Crippen LogP contribution in [0.15, 0.2) is 84.9 Å².